The van der Waals surface area contributed by atoms with Gasteiger partial charge in [-0.3, -0.25) is 4.79 Å². The third kappa shape index (κ3) is 4.32. The van der Waals surface area contributed by atoms with Gasteiger partial charge in [0.2, 0.25) is 16.8 Å². The molecule has 0 bridgehead atoms. The summed E-state index contributed by atoms with van der Waals surface area (Å²) in [5.74, 6) is 2.00. The fraction of sp³-hybridized carbons (Fsp3) is 0.227. The van der Waals surface area contributed by atoms with E-state index < -0.39 is 10.0 Å². The Morgan fingerprint density at radius 1 is 0.879 bits per heavy atom. The van der Waals surface area contributed by atoms with Crippen LogP contribution in [0.2, 0.25) is 0 Å². The summed E-state index contributed by atoms with van der Waals surface area (Å²) in [5.41, 5.74) is 2.04. The highest BCUT2D eigenvalue weighted by Crippen LogP contribution is 2.35. The second kappa shape index (κ2) is 8.34. The Labute approximate surface area is 190 Å². The summed E-state index contributed by atoms with van der Waals surface area (Å²) in [6, 6.07) is 15.1. The van der Waals surface area contributed by atoms with E-state index in [-0.39, 0.29) is 17.6 Å². The number of carbonyl (C=O) groups excluding carboxylic acids is 1. The SMILES string of the molecule is NS(=O)(=O)c1ccc(C(=O)N2CCN(c3ccc(-c4ccc5c(c4)OCO5)nn3)CC2)cc1. The standard InChI is InChI=1S/C22H21N5O5S/c23-33(29,30)17-4-1-15(2-5-17)22(28)27-11-9-26(10-12-27)21-8-6-18(24-25-21)16-3-7-19-20(13-16)32-14-31-19/h1-8,13H,9-12,14H2,(H2,23,29,30). The molecule has 1 saturated heterocycles. The number of amides is 1. The lowest BCUT2D eigenvalue weighted by Crippen LogP contribution is -2.49. The Morgan fingerprint density at radius 2 is 1.61 bits per heavy atom. The highest BCUT2D eigenvalue weighted by Gasteiger charge is 2.24. The molecule has 3 aromatic rings. The van der Waals surface area contributed by atoms with Crippen LogP contribution in [0.5, 0.6) is 11.5 Å². The first kappa shape index (κ1) is 21.2. The number of carbonyl (C=O) groups is 1. The summed E-state index contributed by atoms with van der Waals surface area (Å²) in [7, 11) is -3.79. The normalized spacial score (nSPS) is 15.5. The predicted molar refractivity (Wildman–Crippen MR) is 120 cm³/mol. The van der Waals surface area contributed by atoms with Crippen LogP contribution in [-0.4, -0.2) is 62.4 Å². The summed E-state index contributed by atoms with van der Waals surface area (Å²) in [4.78, 5) is 16.6. The van der Waals surface area contributed by atoms with Crippen molar-refractivity contribution in [3.8, 4) is 22.8 Å². The lowest BCUT2D eigenvalue weighted by Gasteiger charge is -2.35. The molecule has 0 radical (unpaired) electrons. The smallest absolute Gasteiger partial charge is 0.253 e. The molecule has 10 nitrogen and oxygen atoms in total. The predicted octanol–water partition coefficient (Wildman–Crippen LogP) is 1.48. The Morgan fingerprint density at radius 3 is 2.27 bits per heavy atom. The van der Waals surface area contributed by atoms with Crippen LogP contribution in [0, 0.1) is 0 Å². The van der Waals surface area contributed by atoms with Gasteiger partial charge in [0.15, 0.2) is 17.3 Å². The van der Waals surface area contributed by atoms with Crippen molar-refractivity contribution in [2.45, 2.75) is 4.90 Å². The Hall–Kier alpha value is -3.70. The lowest BCUT2D eigenvalue weighted by molar-refractivity contribution is 0.0746. The van der Waals surface area contributed by atoms with Crippen molar-refractivity contribution in [1.29, 1.82) is 0 Å². The molecule has 0 aliphatic carbocycles. The van der Waals surface area contributed by atoms with Crippen LogP contribution in [0.4, 0.5) is 5.82 Å². The summed E-state index contributed by atoms with van der Waals surface area (Å²) < 4.78 is 33.5. The molecular formula is C22H21N5O5S. The quantitative estimate of drug-likeness (QED) is 0.611. The minimum atomic E-state index is -3.79. The number of hydrogen-bond acceptors (Lipinski definition) is 8. The Balaban J connectivity index is 1.21. The van der Waals surface area contributed by atoms with Crippen molar-refractivity contribution in [3.63, 3.8) is 0 Å². The van der Waals surface area contributed by atoms with E-state index in [1.807, 2.05) is 30.3 Å². The first-order chi connectivity index (χ1) is 15.9. The molecule has 0 unspecified atom stereocenters. The number of anilines is 1. The minimum absolute atomic E-state index is 0.0216. The second-order valence-corrected chi connectivity index (χ2v) is 9.25. The molecule has 2 aliphatic rings. The number of nitrogens with two attached hydrogens (primary N) is 1. The first-order valence-corrected chi connectivity index (χ1v) is 11.8. The number of benzene rings is 2. The fourth-order valence-corrected chi connectivity index (χ4v) is 4.33. The van der Waals surface area contributed by atoms with Crippen LogP contribution in [0.25, 0.3) is 11.3 Å². The monoisotopic (exact) mass is 467 g/mol. The molecule has 11 heteroatoms. The molecule has 1 fully saturated rings. The van der Waals surface area contributed by atoms with Crippen LogP contribution in [0.3, 0.4) is 0 Å². The second-order valence-electron chi connectivity index (χ2n) is 7.69. The van der Waals surface area contributed by atoms with Crippen molar-refractivity contribution in [3.05, 3.63) is 60.2 Å². The number of piperazine rings is 1. The lowest BCUT2D eigenvalue weighted by atomic mass is 10.1. The van der Waals surface area contributed by atoms with Gasteiger partial charge >= 0.3 is 0 Å². The molecule has 1 aromatic heterocycles. The van der Waals surface area contributed by atoms with Crippen LogP contribution < -0.4 is 19.5 Å². The number of rotatable bonds is 4. The van der Waals surface area contributed by atoms with Gasteiger partial charge in [0.05, 0.1) is 10.6 Å². The fourth-order valence-electron chi connectivity index (χ4n) is 3.81. The molecule has 0 saturated carbocycles. The maximum absolute atomic E-state index is 12.8. The summed E-state index contributed by atoms with van der Waals surface area (Å²) in [5, 5.41) is 13.8. The molecule has 0 spiro atoms. The van der Waals surface area contributed by atoms with Crippen LogP contribution in [-0.2, 0) is 10.0 Å². The van der Waals surface area contributed by atoms with Gasteiger partial charge in [0, 0.05) is 37.3 Å². The van der Waals surface area contributed by atoms with Gasteiger partial charge < -0.3 is 19.3 Å². The van der Waals surface area contributed by atoms with Gasteiger partial charge in [-0.25, -0.2) is 13.6 Å². The van der Waals surface area contributed by atoms with Crippen LogP contribution in [0.1, 0.15) is 10.4 Å². The first-order valence-electron chi connectivity index (χ1n) is 10.3. The van der Waals surface area contributed by atoms with Crippen LogP contribution in [0.15, 0.2) is 59.5 Å². The molecule has 33 heavy (non-hydrogen) atoms. The minimum Gasteiger partial charge on any atom is -0.454 e. The number of ether oxygens (including phenoxy) is 2. The number of hydrogen-bond donors (Lipinski definition) is 1. The third-order valence-corrected chi connectivity index (χ3v) is 6.57. The van der Waals surface area contributed by atoms with Gasteiger partial charge in [-0.15, -0.1) is 10.2 Å². The molecule has 170 valence electrons. The Bertz CT molecular complexity index is 1290. The van der Waals surface area contributed by atoms with Gasteiger partial charge in [0.1, 0.15) is 0 Å². The largest absolute Gasteiger partial charge is 0.454 e. The number of nitrogens with zero attached hydrogens (tertiary/aromatic N) is 4. The van der Waals surface area contributed by atoms with E-state index in [9.17, 15) is 13.2 Å². The van der Waals surface area contributed by atoms with Crippen LogP contribution >= 0.6 is 0 Å². The summed E-state index contributed by atoms with van der Waals surface area (Å²) in [6.07, 6.45) is 0. The van der Waals surface area contributed by atoms with E-state index in [0.717, 1.165) is 22.8 Å². The van der Waals surface area contributed by atoms with Crippen molar-refractivity contribution in [1.82, 2.24) is 15.1 Å². The molecule has 1 amide bonds. The van der Waals surface area contributed by atoms with Gasteiger partial charge in [-0.2, -0.15) is 0 Å². The number of aromatic nitrogens is 2. The van der Waals surface area contributed by atoms with E-state index in [1.165, 1.54) is 24.3 Å². The Kier molecular flexibility index (Phi) is 5.35. The van der Waals surface area contributed by atoms with E-state index >= 15 is 0 Å². The zero-order valence-corrected chi connectivity index (χ0v) is 18.4. The molecule has 2 aliphatic heterocycles. The van der Waals surface area contributed by atoms with Crippen molar-refractivity contribution in [2.24, 2.45) is 5.14 Å². The maximum Gasteiger partial charge on any atom is 0.253 e. The number of fused-ring (bicyclic) bond motifs is 1. The maximum atomic E-state index is 12.8. The summed E-state index contributed by atoms with van der Waals surface area (Å²) >= 11 is 0. The van der Waals surface area contributed by atoms with Gasteiger partial charge in [-0.1, -0.05) is 0 Å². The van der Waals surface area contributed by atoms with E-state index in [0.29, 0.717) is 37.5 Å². The van der Waals surface area contributed by atoms with E-state index in [1.54, 1.807) is 4.90 Å². The molecule has 5 rings (SSSR count). The van der Waals surface area contributed by atoms with E-state index in [4.69, 9.17) is 14.6 Å². The molecule has 0 atom stereocenters. The van der Waals surface area contributed by atoms with Crippen molar-refractivity contribution in [2.75, 3.05) is 37.9 Å². The third-order valence-electron chi connectivity index (χ3n) is 5.64. The average Bonchev–Trinajstić information content (AvgIpc) is 3.31. The number of sulfonamides is 1. The van der Waals surface area contributed by atoms with E-state index in [2.05, 4.69) is 15.1 Å². The molecule has 2 aromatic carbocycles. The molecule has 2 N–H and O–H groups in total. The summed E-state index contributed by atoms with van der Waals surface area (Å²) in [6.45, 7) is 2.47. The highest BCUT2D eigenvalue weighted by atomic mass is 32.2. The number of primary sulfonamides is 1. The zero-order chi connectivity index (χ0) is 23.0. The van der Waals surface area contributed by atoms with Gasteiger partial charge in [0.25, 0.3) is 5.91 Å². The van der Waals surface area contributed by atoms with Crippen molar-refractivity contribution >= 4 is 21.7 Å². The van der Waals surface area contributed by atoms with Gasteiger partial charge in [-0.05, 0) is 54.6 Å². The average molecular weight is 468 g/mol. The zero-order valence-electron chi connectivity index (χ0n) is 17.5. The topological polar surface area (TPSA) is 128 Å². The molecule has 3 heterocycles. The van der Waals surface area contributed by atoms with Crippen molar-refractivity contribution < 1.29 is 22.7 Å². The molecular weight excluding hydrogens is 446 g/mol. The highest BCUT2D eigenvalue weighted by molar-refractivity contribution is 7.89.